The molecule has 6 aromatic rings. The topological polar surface area (TPSA) is 303 Å². The van der Waals surface area contributed by atoms with E-state index in [1.807, 2.05) is 131 Å². The highest BCUT2D eigenvalue weighted by atomic mass is 32.2. The van der Waals surface area contributed by atoms with E-state index in [9.17, 15) is 47.9 Å². The van der Waals surface area contributed by atoms with E-state index in [0.29, 0.717) is 64.7 Å². The van der Waals surface area contributed by atoms with Crippen LogP contribution in [0.5, 0.6) is 5.75 Å². The third kappa shape index (κ3) is 24.5. The summed E-state index contributed by atoms with van der Waals surface area (Å²) in [6, 6.07) is 38.5. The Labute approximate surface area is 670 Å². The second-order valence-electron chi connectivity index (χ2n) is 30.1. The van der Waals surface area contributed by atoms with Crippen LogP contribution in [-0.2, 0) is 75.1 Å². The van der Waals surface area contributed by atoms with Crippen LogP contribution >= 0.6 is 34.9 Å². The van der Waals surface area contributed by atoms with Gasteiger partial charge in [0.15, 0.2) is 0 Å². The van der Waals surface area contributed by atoms with E-state index in [-0.39, 0.29) is 55.7 Å². The number of nitrogens with zero attached hydrogens (tertiary/aromatic N) is 5. The molecule has 5 aromatic carbocycles. The van der Waals surface area contributed by atoms with Crippen LogP contribution in [0.25, 0.3) is 0 Å². The minimum Gasteiger partial charge on any atom is -0.485 e. The van der Waals surface area contributed by atoms with Crippen LogP contribution in [0.15, 0.2) is 171 Å². The van der Waals surface area contributed by atoms with Crippen molar-refractivity contribution in [2.24, 2.45) is 23.7 Å². The molecule has 1 saturated heterocycles. The third-order valence-electron chi connectivity index (χ3n) is 19.8. The molecule has 4 unspecified atom stereocenters. The number of methoxy groups -OCH3 is 2. The molecule has 25 nitrogen and oxygen atoms in total. The molecule has 9 atom stereocenters. The van der Waals surface area contributed by atoms with Crippen molar-refractivity contribution in [1.29, 1.82) is 0 Å². The molecule has 112 heavy (non-hydrogen) atoms. The fourth-order valence-corrected chi connectivity index (χ4v) is 16.3. The van der Waals surface area contributed by atoms with Crippen molar-refractivity contribution in [3.05, 3.63) is 177 Å². The summed E-state index contributed by atoms with van der Waals surface area (Å²) in [5, 5.41) is 16.8. The number of imide groups is 1. The second kappa shape index (κ2) is 41.4. The Hall–Kier alpha value is -9.45. The van der Waals surface area contributed by atoms with Gasteiger partial charge in [-0.25, -0.2) is 14.7 Å². The van der Waals surface area contributed by atoms with Gasteiger partial charge in [-0.2, -0.15) is 0 Å². The first-order valence-electron chi connectivity index (χ1n) is 37.8. The molecule has 10 amide bonds. The Morgan fingerprint density at radius 1 is 0.670 bits per heavy atom. The van der Waals surface area contributed by atoms with Crippen LogP contribution in [-0.4, -0.2) is 181 Å². The monoisotopic (exact) mass is 1590 g/mol. The smallest absolute Gasteiger partial charge is 0.410 e. The molecule has 2 aliphatic rings. The zero-order chi connectivity index (χ0) is 81.6. The number of hydrogen-bond acceptors (Lipinski definition) is 19. The molecule has 0 aliphatic carbocycles. The Morgan fingerprint density at radius 3 is 1.82 bits per heavy atom. The SMILES string of the molecule is CCC(C)C([C@@H](CC(=O)N1CCC[C@H]1[C@H](OC)[C@@H](C)C(=O)N[C@@H](Cc1ccccc1)c1nccs1)OC)N(C)C(=O)CNC(=O)C(C(C)C)N(C)C(=O)OCc1ccc(NC(=O)CNC(=O)C(NC(=O)CC(C)(C)OCC(C)(C)Oc2ccc(N3C(=O)C(Sc4ccccc4)=C(Sc4ccccc4)C3=O)cc2)C(C)C)cc1. The summed E-state index contributed by atoms with van der Waals surface area (Å²) in [5.41, 5.74) is 0.442. The molecule has 0 radical (unpaired) electrons. The molecular weight excluding hydrogens is 1490 g/mol. The van der Waals surface area contributed by atoms with E-state index >= 15 is 0 Å². The lowest BCUT2D eigenvalue weighted by Crippen LogP contribution is -2.55. The van der Waals surface area contributed by atoms with Gasteiger partial charge in [0, 0.05) is 61.9 Å². The first-order chi connectivity index (χ1) is 53.3. The van der Waals surface area contributed by atoms with Gasteiger partial charge < -0.3 is 60.1 Å². The maximum absolute atomic E-state index is 14.5. The summed E-state index contributed by atoms with van der Waals surface area (Å²) in [6.45, 7) is 19.5. The lowest BCUT2D eigenvalue weighted by atomic mass is 9.90. The maximum Gasteiger partial charge on any atom is 0.410 e. The number of amides is 10. The highest BCUT2D eigenvalue weighted by Crippen LogP contribution is 2.44. The van der Waals surface area contributed by atoms with E-state index in [1.54, 1.807) is 115 Å². The number of likely N-dealkylation sites (tertiary alicyclic amines) is 1. The normalized spacial score (nSPS) is 16.0. The summed E-state index contributed by atoms with van der Waals surface area (Å²) in [6.07, 6.45) is 1.88. The number of rotatable bonds is 40. The van der Waals surface area contributed by atoms with Crippen molar-refractivity contribution in [1.82, 2.24) is 41.0 Å². The van der Waals surface area contributed by atoms with Crippen LogP contribution < -0.4 is 36.2 Å². The van der Waals surface area contributed by atoms with Gasteiger partial charge in [-0.1, -0.05) is 157 Å². The molecule has 1 aromatic heterocycles. The van der Waals surface area contributed by atoms with Crippen LogP contribution in [0.4, 0.5) is 16.2 Å². The number of likely N-dealkylation sites (N-methyl/N-ethyl adjacent to an activating group) is 2. The van der Waals surface area contributed by atoms with Gasteiger partial charge in [0.2, 0.25) is 41.4 Å². The van der Waals surface area contributed by atoms with Crippen LogP contribution in [0, 0.1) is 23.7 Å². The Bertz CT molecular complexity index is 4130. The minimum atomic E-state index is -1.04. The van der Waals surface area contributed by atoms with Crippen molar-refractivity contribution in [3.63, 3.8) is 0 Å². The molecule has 5 N–H and O–H groups in total. The first kappa shape index (κ1) is 88.1. The van der Waals surface area contributed by atoms with E-state index in [0.717, 1.165) is 20.4 Å². The molecule has 2 aliphatic heterocycles. The number of aromatic nitrogens is 1. The highest BCUT2D eigenvalue weighted by molar-refractivity contribution is 8.08. The molecule has 0 saturated carbocycles. The zero-order valence-electron chi connectivity index (χ0n) is 66.6. The number of thioether (sulfide) groups is 2. The summed E-state index contributed by atoms with van der Waals surface area (Å²) < 4.78 is 30.3. The fraction of sp³-hybridized carbons (Fsp3) is 0.464. The number of thiazole rings is 1. The lowest BCUT2D eigenvalue weighted by molar-refractivity contribution is -0.146. The predicted octanol–water partition coefficient (Wildman–Crippen LogP) is 11.8. The molecule has 8 rings (SSSR count). The van der Waals surface area contributed by atoms with E-state index in [4.69, 9.17) is 23.7 Å². The average molecular weight is 1590 g/mol. The summed E-state index contributed by atoms with van der Waals surface area (Å²) >= 11 is 3.97. The molecule has 0 spiro atoms. The van der Waals surface area contributed by atoms with E-state index in [2.05, 4.69) is 31.6 Å². The van der Waals surface area contributed by atoms with Crippen LogP contribution in [0.2, 0.25) is 0 Å². The van der Waals surface area contributed by atoms with Crippen molar-refractivity contribution >= 4 is 105 Å². The highest BCUT2D eigenvalue weighted by Gasteiger charge is 2.44. The Kier molecular flexibility index (Phi) is 32.5. The van der Waals surface area contributed by atoms with Crippen molar-refractivity contribution in [2.75, 3.05) is 64.8 Å². The van der Waals surface area contributed by atoms with Gasteiger partial charge in [0.05, 0.1) is 89.9 Å². The molecule has 602 valence electrons. The average Bonchev–Trinajstić information content (AvgIpc) is 1.62. The van der Waals surface area contributed by atoms with Crippen molar-refractivity contribution < 1.29 is 71.6 Å². The number of anilines is 2. The van der Waals surface area contributed by atoms with Gasteiger partial charge in [-0.3, -0.25) is 48.1 Å². The number of carbonyl (C=O) groups excluding carboxylic acids is 10. The number of carbonyl (C=O) groups is 10. The van der Waals surface area contributed by atoms with Crippen LogP contribution in [0.3, 0.4) is 0 Å². The maximum atomic E-state index is 14.5. The number of ether oxygens (including phenoxy) is 5. The van der Waals surface area contributed by atoms with E-state index in [1.165, 1.54) is 63.7 Å². The van der Waals surface area contributed by atoms with Crippen LogP contribution in [0.1, 0.15) is 130 Å². The van der Waals surface area contributed by atoms with Gasteiger partial charge in [0.25, 0.3) is 11.8 Å². The summed E-state index contributed by atoms with van der Waals surface area (Å²) in [5.74, 6) is -4.97. The Morgan fingerprint density at radius 2 is 1.27 bits per heavy atom. The quantitative estimate of drug-likeness (QED) is 0.0223. The van der Waals surface area contributed by atoms with Gasteiger partial charge >= 0.3 is 6.09 Å². The standard InChI is InChI=1S/C84H108N10O15S3/c1-16-54(6)72(65(105-14)46-68(97)93-43-26-33-64(93)73(106-15)55(7)76(99)89-63(79-85-42-44-110-79)45-56-27-20-17-21-28-56)91(12)69(98)49-87-78(101)71(53(4)5)92(13)82(104)107-50-57-34-36-58(37-35-57)88-67(96)48-86-77(100)70(52(2)3)90-66(95)47-83(8,9)108-51-84(10,11)109-60-40-38-59(39-41-60)94-80(102)74(111-61-29-22-18-23-30-61)75(81(94)103)112-62-31-24-19-25-32-62/h17-25,27-32,34-42,44,52-55,63-65,70-73H,16,26,33,43,45-51H2,1-15H3,(H,86,100)(H,87,101)(H,88,96)(H,89,99)(H,90,95)/t54?,55-,63+,64+,65-,70?,71?,72?,73-/m1/s1. The largest absolute Gasteiger partial charge is 0.485 e. The second-order valence-corrected chi connectivity index (χ2v) is 33.2. The third-order valence-corrected chi connectivity index (χ3v) is 23.0. The van der Waals surface area contributed by atoms with Gasteiger partial charge in [-0.05, 0) is 137 Å². The molecule has 28 heteroatoms. The van der Waals surface area contributed by atoms with Gasteiger partial charge in [-0.15, -0.1) is 11.3 Å². The minimum absolute atomic E-state index is 0.0522. The van der Waals surface area contributed by atoms with Gasteiger partial charge in [0.1, 0.15) is 35.0 Å². The number of hydrogen-bond donors (Lipinski definition) is 5. The predicted molar refractivity (Wildman–Crippen MR) is 434 cm³/mol. The van der Waals surface area contributed by atoms with Crippen molar-refractivity contribution in [2.45, 2.75) is 185 Å². The summed E-state index contributed by atoms with van der Waals surface area (Å²) in [7, 11) is 6.12. The lowest BCUT2D eigenvalue weighted by Gasteiger charge is -2.39. The summed E-state index contributed by atoms with van der Waals surface area (Å²) in [4.78, 5) is 151. The molecule has 0 bridgehead atoms. The number of benzene rings is 5. The zero-order valence-corrected chi connectivity index (χ0v) is 69.1. The molecular formula is C84H108N10O15S3. The van der Waals surface area contributed by atoms with Crippen molar-refractivity contribution in [3.8, 4) is 5.75 Å². The number of nitrogens with one attached hydrogen (secondary N) is 5. The fourth-order valence-electron chi connectivity index (χ4n) is 13.6. The van der Waals surface area contributed by atoms with E-state index < -0.39 is 120 Å². The first-order valence-corrected chi connectivity index (χ1v) is 40.3. The Balaban J connectivity index is 0.751. The molecule has 3 heterocycles. The molecule has 1 fully saturated rings.